The number of nitro groups is 2. The first-order valence-electron chi connectivity index (χ1n) is 5.53. The maximum atomic E-state index is 10.7. The van der Waals surface area contributed by atoms with E-state index in [0.717, 1.165) is 6.07 Å². The van der Waals surface area contributed by atoms with E-state index in [9.17, 15) is 20.2 Å². The van der Waals surface area contributed by atoms with E-state index in [1.54, 1.807) is 0 Å². The summed E-state index contributed by atoms with van der Waals surface area (Å²) in [6.07, 6.45) is 0. The van der Waals surface area contributed by atoms with Crippen LogP contribution in [0.2, 0.25) is 5.02 Å². The van der Waals surface area contributed by atoms with Crippen LogP contribution in [-0.4, -0.2) is 9.85 Å². The fourth-order valence-corrected chi connectivity index (χ4v) is 1.80. The summed E-state index contributed by atoms with van der Waals surface area (Å²) < 4.78 is 5.38. The lowest BCUT2D eigenvalue weighted by Crippen LogP contribution is -1.94. The number of hydrogen-bond donors (Lipinski definition) is 1. The zero-order chi connectivity index (χ0) is 15.6. The summed E-state index contributed by atoms with van der Waals surface area (Å²) in [7, 11) is 0. The quantitative estimate of drug-likeness (QED) is 0.523. The molecule has 9 heteroatoms. The first-order chi connectivity index (χ1) is 9.86. The minimum Gasteiger partial charge on any atom is -0.455 e. The molecular formula is C12H8ClN3O5. The zero-order valence-electron chi connectivity index (χ0n) is 10.4. The third-order valence-corrected chi connectivity index (χ3v) is 2.77. The Bertz CT molecular complexity index is 735. The molecule has 0 atom stereocenters. The Morgan fingerprint density at radius 3 is 2.24 bits per heavy atom. The molecule has 0 saturated carbocycles. The van der Waals surface area contributed by atoms with Crippen LogP contribution in [0, 0.1) is 20.2 Å². The van der Waals surface area contributed by atoms with Gasteiger partial charge in [-0.05, 0) is 6.07 Å². The molecule has 0 radical (unpaired) electrons. The number of nitrogens with two attached hydrogens (primary N) is 1. The van der Waals surface area contributed by atoms with E-state index >= 15 is 0 Å². The van der Waals surface area contributed by atoms with E-state index in [2.05, 4.69) is 0 Å². The van der Waals surface area contributed by atoms with Gasteiger partial charge in [0.25, 0.3) is 11.4 Å². The number of ether oxygens (including phenoxy) is 1. The third-order valence-electron chi connectivity index (χ3n) is 2.48. The van der Waals surface area contributed by atoms with Gasteiger partial charge in [-0.15, -0.1) is 0 Å². The van der Waals surface area contributed by atoms with Crippen LogP contribution in [0.5, 0.6) is 11.5 Å². The largest absolute Gasteiger partial charge is 0.455 e. The van der Waals surface area contributed by atoms with Crippen LogP contribution >= 0.6 is 11.6 Å². The molecule has 0 aliphatic carbocycles. The molecule has 0 aliphatic rings. The Kier molecular flexibility index (Phi) is 3.90. The van der Waals surface area contributed by atoms with Gasteiger partial charge in [-0.1, -0.05) is 11.6 Å². The Balaban J connectivity index is 2.34. The first kappa shape index (κ1) is 14.5. The number of benzene rings is 2. The Labute approximate surface area is 123 Å². The summed E-state index contributed by atoms with van der Waals surface area (Å²) >= 11 is 5.87. The predicted octanol–water partition coefficient (Wildman–Crippen LogP) is 3.53. The van der Waals surface area contributed by atoms with Gasteiger partial charge in [-0.2, -0.15) is 0 Å². The molecule has 0 aromatic heterocycles. The molecule has 2 N–H and O–H groups in total. The fraction of sp³-hybridized carbons (Fsp3) is 0. The summed E-state index contributed by atoms with van der Waals surface area (Å²) in [5, 5.41) is 21.3. The molecule has 2 aromatic carbocycles. The first-order valence-corrected chi connectivity index (χ1v) is 5.91. The molecule has 0 spiro atoms. The lowest BCUT2D eigenvalue weighted by molar-refractivity contribution is -0.385. The Morgan fingerprint density at radius 2 is 1.67 bits per heavy atom. The van der Waals surface area contributed by atoms with E-state index in [1.165, 1.54) is 30.3 Å². The number of nitrogens with zero attached hydrogens (tertiary/aromatic N) is 2. The second-order valence-electron chi connectivity index (χ2n) is 3.99. The van der Waals surface area contributed by atoms with Crippen LogP contribution in [0.1, 0.15) is 0 Å². The van der Waals surface area contributed by atoms with Gasteiger partial charge in [0.15, 0.2) is 0 Å². The van der Waals surface area contributed by atoms with Crippen LogP contribution < -0.4 is 10.5 Å². The molecule has 2 aromatic rings. The maximum Gasteiger partial charge on any atom is 0.275 e. The Hall–Kier alpha value is -2.87. The van der Waals surface area contributed by atoms with Crippen LogP contribution in [0.15, 0.2) is 36.4 Å². The second-order valence-corrected chi connectivity index (χ2v) is 4.40. The minimum absolute atomic E-state index is 0.00859. The van der Waals surface area contributed by atoms with Crippen molar-refractivity contribution in [2.24, 2.45) is 0 Å². The van der Waals surface area contributed by atoms with E-state index in [4.69, 9.17) is 22.1 Å². The smallest absolute Gasteiger partial charge is 0.275 e. The lowest BCUT2D eigenvalue weighted by atomic mass is 10.2. The van der Waals surface area contributed by atoms with Crippen molar-refractivity contribution < 1.29 is 14.6 Å². The minimum atomic E-state index is -0.610. The van der Waals surface area contributed by atoms with Crippen LogP contribution in [0.4, 0.5) is 17.1 Å². The van der Waals surface area contributed by atoms with E-state index in [1.807, 2.05) is 0 Å². The number of rotatable bonds is 4. The SMILES string of the molecule is Nc1cc(Oc2ccc([N+](=O)[O-])cc2Cl)cc([N+](=O)[O-])c1. The van der Waals surface area contributed by atoms with Gasteiger partial charge in [0.2, 0.25) is 0 Å². The highest BCUT2D eigenvalue weighted by Crippen LogP contribution is 2.34. The summed E-state index contributed by atoms with van der Waals surface area (Å²) in [5.41, 5.74) is 5.27. The molecule has 108 valence electrons. The van der Waals surface area contributed by atoms with Gasteiger partial charge in [0.05, 0.1) is 20.9 Å². The van der Waals surface area contributed by atoms with Crippen molar-refractivity contribution >= 4 is 28.7 Å². The zero-order valence-corrected chi connectivity index (χ0v) is 11.1. The van der Waals surface area contributed by atoms with E-state index in [-0.39, 0.29) is 33.6 Å². The Morgan fingerprint density at radius 1 is 1.00 bits per heavy atom. The van der Waals surface area contributed by atoms with E-state index in [0.29, 0.717) is 0 Å². The highest BCUT2D eigenvalue weighted by atomic mass is 35.5. The molecule has 0 amide bonds. The average Bonchev–Trinajstić information content (AvgIpc) is 2.40. The highest BCUT2D eigenvalue weighted by Gasteiger charge is 2.13. The monoisotopic (exact) mass is 309 g/mol. The molecule has 0 unspecified atom stereocenters. The fourth-order valence-electron chi connectivity index (χ4n) is 1.58. The van der Waals surface area contributed by atoms with Crippen molar-refractivity contribution in [1.82, 2.24) is 0 Å². The highest BCUT2D eigenvalue weighted by molar-refractivity contribution is 6.32. The molecule has 0 bridgehead atoms. The summed E-state index contributed by atoms with van der Waals surface area (Å²) in [5.74, 6) is 0.236. The van der Waals surface area contributed by atoms with Crippen molar-refractivity contribution in [1.29, 1.82) is 0 Å². The lowest BCUT2D eigenvalue weighted by Gasteiger charge is -2.08. The van der Waals surface area contributed by atoms with E-state index < -0.39 is 9.85 Å². The number of hydrogen-bond acceptors (Lipinski definition) is 6. The number of halogens is 1. The van der Waals surface area contributed by atoms with Crippen LogP contribution in [0.25, 0.3) is 0 Å². The maximum absolute atomic E-state index is 10.7. The number of anilines is 1. The molecule has 0 heterocycles. The average molecular weight is 310 g/mol. The van der Waals surface area contributed by atoms with Crippen molar-refractivity contribution in [2.75, 3.05) is 5.73 Å². The predicted molar refractivity (Wildman–Crippen MR) is 75.7 cm³/mol. The molecule has 0 aliphatic heterocycles. The summed E-state index contributed by atoms with van der Waals surface area (Å²) in [6, 6.07) is 7.37. The number of nitrogen functional groups attached to an aromatic ring is 1. The van der Waals surface area contributed by atoms with Crippen molar-refractivity contribution in [3.63, 3.8) is 0 Å². The molecule has 0 fully saturated rings. The second kappa shape index (κ2) is 5.63. The number of non-ortho nitro benzene ring substituents is 2. The van der Waals surface area contributed by atoms with Crippen LogP contribution in [-0.2, 0) is 0 Å². The van der Waals surface area contributed by atoms with Gasteiger partial charge >= 0.3 is 0 Å². The molecule has 2 rings (SSSR count). The van der Waals surface area contributed by atoms with Crippen LogP contribution in [0.3, 0.4) is 0 Å². The molecule has 0 saturated heterocycles. The van der Waals surface area contributed by atoms with Gasteiger partial charge in [-0.25, -0.2) is 0 Å². The normalized spacial score (nSPS) is 10.1. The third kappa shape index (κ3) is 3.37. The van der Waals surface area contributed by atoms with Gasteiger partial charge < -0.3 is 10.5 Å². The van der Waals surface area contributed by atoms with Crippen molar-refractivity contribution in [2.45, 2.75) is 0 Å². The van der Waals surface area contributed by atoms with Gasteiger partial charge in [-0.3, -0.25) is 20.2 Å². The standard InChI is InChI=1S/C12H8ClN3O5/c13-11-6-8(15(17)18)1-2-12(11)21-10-4-7(14)3-9(5-10)16(19)20/h1-6H,14H2. The summed E-state index contributed by atoms with van der Waals surface area (Å²) in [4.78, 5) is 20.1. The van der Waals surface area contributed by atoms with Crippen molar-refractivity contribution in [3.8, 4) is 11.5 Å². The van der Waals surface area contributed by atoms with Gasteiger partial charge in [0, 0.05) is 30.0 Å². The molecular weight excluding hydrogens is 302 g/mol. The van der Waals surface area contributed by atoms with Gasteiger partial charge in [0.1, 0.15) is 11.5 Å². The molecule has 21 heavy (non-hydrogen) atoms. The number of nitro benzene ring substituents is 2. The topological polar surface area (TPSA) is 122 Å². The van der Waals surface area contributed by atoms with Crippen molar-refractivity contribution in [3.05, 3.63) is 61.6 Å². The molecule has 8 nitrogen and oxygen atoms in total. The summed E-state index contributed by atoms with van der Waals surface area (Å²) in [6.45, 7) is 0.